The number of aromatic hydroxyl groups is 1. The number of nitrogens with one attached hydrogen (secondary N) is 1. The van der Waals surface area contributed by atoms with Crippen LogP contribution in [0.3, 0.4) is 0 Å². The van der Waals surface area contributed by atoms with Crippen LogP contribution in [0.1, 0.15) is 18.3 Å². The number of nitrogens with two attached hydrogens (primary N) is 1. The lowest BCUT2D eigenvalue weighted by Crippen LogP contribution is -2.38. The Kier molecular flexibility index (Phi) is 3.62. The average Bonchev–Trinajstić information content (AvgIpc) is 2.18. The summed E-state index contributed by atoms with van der Waals surface area (Å²) in [6.07, 6.45) is 0. The number of primary amides is 1. The summed E-state index contributed by atoms with van der Waals surface area (Å²) in [5.74, 6) is -0.313. The van der Waals surface area contributed by atoms with Gasteiger partial charge < -0.3 is 16.2 Å². The lowest BCUT2D eigenvalue weighted by molar-refractivity contribution is -0.119. The molecule has 0 unspecified atom stereocenters. The van der Waals surface area contributed by atoms with Gasteiger partial charge in [0.1, 0.15) is 5.75 Å². The molecule has 1 amide bonds. The molecule has 5 nitrogen and oxygen atoms in total. The van der Waals surface area contributed by atoms with Gasteiger partial charge in [-0.2, -0.15) is 0 Å². The Morgan fingerprint density at radius 3 is 2.93 bits per heavy atom. The highest BCUT2D eigenvalue weighted by Crippen LogP contribution is 2.14. The SMILES string of the molecule is Cc1ccc(O)c(CN[C@@H](C)C(N)=O)n1. The summed E-state index contributed by atoms with van der Waals surface area (Å²) in [5.41, 5.74) is 6.42. The van der Waals surface area contributed by atoms with E-state index in [2.05, 4.69) is 10.3 Å². The zero-order valence-corrected chi connectivity index (χ0v) is 8.82. The van der Waals surface area contributed by atoms with Gasteiger partial charge in [0, 0.05) is 12.2 Å². The number of aromatic nitrogens is 1. The van der Waals surface area contributed by atoms with Crippen LogP contribution >= 0.6 is 0 Å². The molecule has 15 heavy (non-hydrogen) atoms. The van der Waals surface area contributed by atoms with E-state index < -0.39 is 11.9 Å². The van der Waals surface area contributed by atoms with E-state index in [1.165, 1.54) is 0 Å². The summed E-state index contributed by atoms with van der Waals surface area (Å²) in [7, 11) is 0. The predicted molar refractivity (Wildman–Crippen MR) is 56.1 cm³/mol. The molecule has 82 valence electrons. The van der Waals surface area contributed by atoms with Crippen molar-refractivity contribution in [1.82, 2.24) is 10.3 Å². The van der Waals surface area contributed by atoms with Crippen LogP contribution < -0.4 is 11.1 Å². The molecule has 0 aliphatic carbocycles. The molecule has 1 atom stereocenters. The van der Waals surface area contributed by atoms with Crippen molar-refractivity contribution in [1.29, 1.82) is 0 Å². The number of hydrogen-bond donors (Lipinski definition) is 3. The van der Waals surface area contributed by atoms with Crippen molar-refractivity contribution in [2.75, 3.05) is 0 Å². The van der Waals surface area contributed by atoms with Crippen molar-refractivity contribution < 1.29 is 9.90 Å². The van der Waals surface area contributed by atoms with E-state index in [0.717, 1.165) is 5.69 Å². The minimum absolute atomic E-state index is 0.116. The number of pyridine rings is 1. The number of carbonyl (C=O) groups is 1. The van der Waals surface area contributed by atoms with Crippen LogP contribution in [-0.4, -0.2) is 22.0 Å². The lowest BCUT2D eigenvalue weighted by atomic mass is 10.2. The fourth-order valence-electron chi connectivity index (χ4n) is 1.08. The smallest absolute Gasteiger partial charge is 0.234 e. The summed E-state index contributed by atoms with van der Waals surface area (Å²) < 4.78 is 0. The Morgan fingerprint density at radius 2 is 2.33 bits per heavy atom. The number of aryl methyl sites for hydroxylation is 1. The Balaban J connectivity index is 2.65. The van der Waals surface area contributed by atoms with Crippen LogP contribution in [0.5, 0.6) is 5.75 Å². The van der Waals surface area contributed by atoms with Gasteiger partial charge >= 0.3 is 0 Å². The average molecular weight is 209 g/mol. The third-order valence-corrected chi connectivity index (χ3v) is 2.09. The molecular formula is C10H15N3O2. The first-order valence-electron chi connectivity index (χ1n) is 4.69. The van der Waals surface area contributed by atoms with Crippen molar-refractivity contribution in [3.8, 4) is 5.75 Å². The second kappa shape index (κ2) is 4.75. The highest BCUT2D eigenvalue weighted by molar-refractivity contribution is 5.79. The van der Waals surface area contributed by atoms with Crippen LogP contribution in [-0.2, 0) is 11.3 Å². The molecule has 0 aliphatic rings. The van der Waals surface area contributed by atoms with Gasteiger partial charge in [-0.1, -0.05) is 0 Å². The van der Waals surface area contributed by atoms with Crippen molar-refractivity contribution in [3.63, 3.8) is 0 Å². The second-order valence-electron chi connectivity index (χ2n) is 3.42. The number of rotatable bonds is 4. The van der Waals surface area contributed by atoms with Crippen molar-refractivity contribution in [2.24, 2.45) is 5.73 Å². The molecule has 0 aliphatic heterocycles. The third-order valence-electron chi connectivity index (χ3n) is 2.09. The van der Waals surface area contributed by atoms with Gasteiger partial charge in [-0.15, -0.1) is 0 Å². The Morgan fingerprint density at radius 1 is 1.67 bits per heavy atom. The van der Waals surface area contributed by atoms with E-state index in [-0.39, 0.29) is 5.75 Å². The molecule has 0 fully saturated rings. The first kappa shape index (κ1) is 11.5. The van der Waals surface area contributed by atoms with Gasteiger partial charge in [0.2, 0.25) is 5.91 Å². The van der Waals surface area contributed by atoms with Gasteiger partial charge in [0.05, 0.1) is 11.7 Å². The predicted octanol–water partition coefficient (Wildman–Crippen LogP) is 0.0590. The minimum atomic E-state index is -0.438. The zero-order valence-electron chi connectivity index (χ0n) is 8.82. The van der Waals surface area contributed by atoms with Gasteiger partial charge in [-0.25, -0.2) is 0 Å². The second-order valence-corrected chi connectivity index (χ2v) is 3.42. The van der Waals surface area contributed by atoms with E-state index in [4.69, 9.17) is 5.73 Å². The molecule has 1 heterocycles. The van der Waals surface area contributed by atoms with Crippen molar-refractivity contribution >= 4 is 5.91 Å². The molecule has 0 saturated heterocycles. The largest absolute Gasteiger partial charge is 0.506 e. The van der Waals surface area contributed by atoms with Gasteiger partial charge in [0.15, 0.2) is 0 Å². The molecule has 0 bridgehead atoms. The van der Waals surface area contributed by atoms with Crippen LogP contribution in [0.4, 0.5) is 0 Å². The summed E-state index contributed by atoms with van der Waals surface area (Å²) in [5, 5.41) is 12.3. The number of hydrogen-bond acceptors (Lipinski definition) is 4. The molecule has 5 heteroatoms. The molecular weight excluding hydrogens is 194 g/mol. The monoisotopic (exact) mass is 209 g/mol. The first-order valence-corrected chi connectivity index (χ1v) is 4.69. The quantitative estimate of drug-likeness (QED) is 0.654. The highest BCUT2D eigenvalue weighted by atomic mass is 16.3. The molecule has 0 spiro atoms. The topological polar surface area (TPSA) is 88.2 Å². The Labute approximate surface area is 88.3 Å². The fraction of sp³-hybridized carbons (Fsp3) is 0.400. The summed E-state index contributed by atoms with van der Waals surface area (Å²) in [4.78, 5) is 14.9. The third kappa shape index (κ3) is 3.21. The minimum Gasteiger partial charge on any atom is -0.506 e. The molecule has 0 aromatic carbocycles. The molecule has 0 saturated carbocycles. The standard InChI is InChI=1S/C10H15N3O2/c1-6-3-4-9(14)8(13-6)5-12-7(2)10(11)15/h3-4,7,12,14H,5H2,1-2H3,(H2,11,15)/t7-/m0/s1. The van der Waals surface area contributed by atoms with E-state index in [0.29, 0.717) is 12.2 Å². The maximum Gasteiger partial charge on any atom is 0.234 e. The number of nitrogens with zero attached hydrogens (tertiary/aromatic N) is 1. The van der Waals surface area contributed by atoms with Gasteiger partial charge in [-0.3, -0.25) is 9.78 Å². The van der Waals surface area contributed by atoms with E-state index in [1.54, 1.807) is 19.1 Å². The van der Waals surface area contributed by atoms with Gasteiger partial charge in [-0.05, 0) is 26.0 Å². The van der Waals surface area contributed by atoms with Crippen molar-refractivity contribution in [2.45, 2.75) is 26.4 Å². The first-order chi connectivity index (χ1) is 7.00. The van der Waals surface area contributed by atoms with Crippen LogP contribution in [0.2, 0.25) is 0 Å². The van der Waals surface area contributed by atoms with E-state index >= 15 is 0 Å². The normalized spacial score (nSPS) is 12.4. The Bertz CT molecular complexity index is 366. The number of carbonyl (C=O) groups excluding carboxylic acids is 1. The highest BCUT2D eigenvalue weighted by Gasteiger charge is 2.09. The number of amides is 1. The maximum absolute atomic E-state index is 10.7. The summed E-state index contributed by atoms with van der Waals surface area (Å²) >= 11 is 0. The van der Waals surface area contributed by atoms with E-state index in [9.17, 15) is 9.90 Å². The molecule has 1 aromatic rings. The molecule has 0 radical (unpaired) electrons. The molecule has 4 N–H and O–H groups in total. The maximum atomic E-state index is 10.7. The van der Waals surface area contributed by atoms with Crippen LogP contribution in [0, 0.1) is 6.92 Å². The van der Waals surface area contributed by atoms with E-state index in [1.807, 2.05) is 6.92 Å². The summed E-state index contributed by atoms with van der Waals surface area (Å²) in [6.45, 7) is 3.81. The van der Waals surface area contributed by atoms with Crippen LogP contribution in [0.15, 0.2) is 12.1 Å². The Hall–Kier alpha value is -1.62. The fourth-order valence-corrected chi connectivity index (χ4v) is 1.08. The zero-order chi connectivity index (χ0) is 11.4. The molecule has 1 rings (SSSR count). The molecule has 1 aromatic heterocycles. The summed E-state index contributed by atoms with van der Waals surface area (Å²) in [6, 6.07) is 2.86. The van der Waals surface area contributed by atoms with Crippen molar-refractivity contribution in [3.05, 3.63) is 23.5 Å². The van der Waals surface area contributed by atoms with Gasteiger partial charge in [0.25, 0.3) is 0 Å². The van der Waals surface area contributed by atoms with Crippen LogP contribution in [0.25, 0.3) is 0 Å². The lowest BCUT2D eigenvalue weighted by Gasteiger charge is -2.10.